The van der Waals surface area contributed by atoms with Crippen molar-refractivity contribution < 1.29 is 38.8 Å². The molecule has 0 fully saturated rings. The zero-order chi connectivity index (χ0) is 39.6. The maximum Gasteiger partial charge on any atom is 0.164 e. The number of ketones is 1. The summed E-state index contributed by atoms with van der Waals surface area (Å²) in [5.41, 5.74) is 6.39. The molecule has 5 nitrogen and oxygen atoms in total. The summed E-state index contributed by atoms with van der Waals surface area (Å²) in [6.45, 7) is 25.4. The molecular weight excluding hydrogens is 859 g/mol. The summed E-state index contributed by atoms with van der Waals surface area (Å²) in [7, 11) is 0. The molecule has 295 valence electrons. The zero-order valence-electron chi connectivity index (χ0n) is 35.0. The van der Waals surface area contributed by atoms with Gasteiger partial charge in [-0.25, -0.2) is 0 Å². The van der Waals surface area contributed by atoms with Crippen LogP contribution >= 0.6 is 0 Å². The smallest absolute Gasteiger partial charge is 0.164 e. The number of fused-ring (bicyclic) bond motifs is 3. The fourth-order valence-electron chi connectivity index (χ4n) is 6.95. The number of aliphatic hydroxyl groups is 1. The van der Waals surface area contributed by atoms with Gasteiger partial charge in [-0.1, -0.05) is 105 Å². The molecule has 0 aliphatic carbocycles. The van der Waals surface area contributed by atoms with Crippen molar-refractivity contribution in [3.8, 4) is 22.6 Å². The first-order valence-corrected chi connectivity index (χ1v) is 19.8. The molecule has 0 spiro atoms. The van der Waals surface area contributed by atoms with E-state index in [4.69, 9.17) is 13.8 Å². The van der Waals surface area contributed by atoms with Crippen LogP contribution < -0.4 is 0 Å². The predicted octanol–water partition coefficient (Wildman–Crippen LogP) is 14.3. The third-order valence-corrected chi connectivity index (χ3v) is 11.8. The summed E-state index contributed by atoms with van der Waals surface area (Å²) in [6.07, 6.45) is 7.55. The number of allylic oxidation sites excluding steroid dienone is 2. The Labute approximate surface area is 342 Å². The second-order valence-corrected chi connectivity index (χ2v) is 17.0. The number of pyridine rings is 1. The first kappa shape index (κ1) is 43.7. The van der Waals surface area contributed by atoms with Gasteiger partial charge in [0, 0.05) is 71.7 Å². The summed E-state index contributed by atoms with van der Waals surface area (Å²) in [5, 5.41) is 14.6. The van der Waals surface area contributed by atoms with E-state index in [1.165, 1.54) is 22.6 Å². The van der Waals surface area contributed by atoms with Crippen LogP contribution in [0.1, 0.15) is 119 Å². The molecule has 6 aromatic rings. The third kappa shape index (κ3) is 9.19. The van der Waals surface area contributed by atoms with Gasteiger partial charge >= 0.3 is 0 Å². The Morgan fingerprint density at radius 2 is 1.51 bits per heavy atom. The largest absolute Gasteiger partial charge is 0.512 e. The summed E-state index contributed by atoms with van der Waals surface area (Å²) < 4.78 is 12.7. The van der Waals surface area contributed by atoms with Crippen LogP contribution in [0.5, 0.6) is 0 Å². The number of benzene rings is 3. The molecule has 3 aromatic heterocycles. The topological polar surface area (TPSA) is 76.5 Å². The number of carbonyl (C=O) groups is 1. The Hall–Kier alpha value is -3.99. The Bertz CT molecular complexity index is 2290. The Balaban J connectivity index is 0.000000320. The van der Waals surface area contributed by atoms with Crippen molar-refractivity contribution in [3.05, 3.63) is 102 Å². The van der Waals surface area contributed by atoms with E-state index in [2.05, 4.69) is 102 Å². The molecule has 0 atom stereocenters. The Kier molecular flexibility index (Phi) is 13.9. The third-order valence-electron chi connectivity index (χ3n) is 11.8. The molecule has 0 unspecified atom stereocenters. The molecule has 6 heteroatoms. The number of hydrogen-bond acceptors (Lipinski definition) is 5. The maximum absolute atomic E-state index is 12.2. The molecule has 0 saturated heterocycles. The molecule has 6 rings (SSSR count). The van der Waals surface area contributed by atoms with Gasteiger partial charge in [-0.3, -0.25) is 9.78 Å². The van der Waals surface area contributed by atoms with Gasteiger partial charge in [0.2, 0.25) is 0 Å². The molecule has 0 amide bonds. The van der Waals surface area contributed by atoms with Gasteiger partial charge in [0.1, 0.15) is 28.4 Å². The van der Waals surface area contributed by atoms with Gasteiger partial charge in [0.05, 0.1) is 0 Å². The molecule has 3 aromatic carbocycles. The molecule has 0 aliphatic heterocycles. The van der Waals surface area contributed by atoms with Crippen LogP contribution in [0.2, 0.25) is 0 Å². The van der Waals surface area contributed by atoms with Crippen molar-refractivity contribution >= 4 is 38.5 Å². The summed E-state index contributed by atoms with van der Waals surface area (Å²) in [6, 6.07) is 24.7. The standard InChI is InChI=1S/C34H32NO2.C15H28O2.Ir/c1-20(2)15-30-21(3)27-17-23(11-12-29(27)36-30)31-19-24-13-14-35-32(33(24)37-31)25-16-22-9-7-8-10-26(22)28(18-25)34(4,5)6;1-7-14(5,8-2)12(16)11-13(17)15(6,9-3)10-4;/h7-14,17-20H,15H2,1-6H3;11,16H,7-10H2,1-6H3;/q-1;;/b;12-11-;. The summed E-state index contributed by atoms with van der Waals surface area (Å²) >= 11 is 0. The number of nitrogens with zero attached hydrogens (tertiary/aromatic N) is 1. The SMILES string of the molecule is CCC(C)(CC)C(=O)/C=C(\O)C(C)(CC)CC.Cc1c(CC(C)C)oc2ccc(-c3cc4ccnc(-c5[c-]c6ccccc6c(C(C)(C)C)c5)c4o3)cc12.[Ir]. The van der Waals surface area contributed by atoms with Crippen molar-refractivity contribution in [1.29, 1.82) is 0 Å². The predicted molar refractivity (Wildman–Crippen MR) is 226 cm³/mol. The van der Waals surface area contributed by atoms with Gasteiger partial charge < -0.3 is 13.9 Å². The van der Waals surface area contributed by atoms with Gasteiger partial charge in [-0.15, -0.1) is 29.1 Å². The normalized spacial score (nSPS) is 12.6. The van der Waals surface area contributed by atoms with Gasteiger partial charge in [0.15, 0.2) is 5.78 Å². The van der Waals surface area contributed by atoms with E-state index in [1.54, 1.807) is 0 Å². The number of carbonyl (C=O) groups excluding carboxylic acids is 1. The summed E-state index contributed by atoms with van der Waals surface area (Å²) in [5.74, 6) is 2.73. The molecule has 1 N–H and O–H groups in total. The Morgan fingerprint density at radius 1 is 0.855 bits per heavy atom. The minimum absolute atomic E-state index is 0. The minimum Gasteiger partial charge on any atom is -0.512 e. The molecule has 1 radical (unpaired) electrons. The number of aromatic nitrogens is 1. The molecule has 3 heterocycles. The van der Waals surface area contributed by atoms with Crippen molar-refractivity contribution in [2.45, 2.75) is 121 Å². The van der Waals surface area contributed by atoms with E-state index in [1.807, 2.05) is 53.8 Å². The first-order chi connectivity index (χ1) is 25.5. The number of aryl methyl sites for hydroxylation is 1. The van der Waals surface area contributed by atoms with Crippen molar-refractivity contribution in [3.63, 3.8) is 0 Å². The van der Waals surface area contributed by atoms with E-state index >= 15 is 0 Å². The van der Waals surface area contributed by atoms with Gasteiger partial charge in [0.25, 0.3) is 0 Å². The average Bonchev–Trinajstić information content (AvgIpc) is 3.73. The molecule has 55 heavy (non-hydrogen) atoms. The monoisotopic (exact) mass is 919 g/mol. The van der Waals surface area contributed by atoms with Crippen LogP contribution in [0, 0.1) is 29.7 Å². The second-order valence-electron chi connectivity index (χ2n) is 17.0. The average molecular weight is 919 g/mol. The van der Waals surface area contributed by atoms with Crippen LogP contribution in [0.25, 0.3) is 55.3 Å². The van der Waals surface area contributed by atoms with Crippen molar-refractivity contribution in [2.24, 2.45) is 16.7 Å². The number of rotatable bonds is 11. The second kappa shape index (κ2) is 17.4. The van der Waals surface area contributed by atoms with E-state index < -0.39 is 0 Å². The fraction of sp³-hybridized carbons (Fsp3) is 0.429. The van der Waals surface area contributed by atoms with Crippen LogP contribution in [0.4, 0.5) is 0 Å². The molecular formula is C49H60IrNO4-. The minimum atomic E-state index is -0.337. The van der Waals surface area contributed by atoms with E-state index in [0.29, 0.717) is 5.92 Å². The van der Waals surface area contributed by atoms with Gasteiger partial charge in [-0.2, -0.15) is 0 Å². The van der Waals surface area contributed by atoms with Crippen LogP contribution in [-0.4, -0.2) is 15.9 Å². The Morgan fingerprint density at radius 3 is 2.13 bits per heavy atom. The molecule has 0 bridgehead atoms. The van der Waals surface area contributed by atoms with Crippen molar-refractivity contribution in [2.75, 3.05) is 0 Å². The molecule has 0 saturated carbocycles. The van der Waals surface area contributed by atoms with E-state index in [-0.39, 0.29) is 47.9 Å². The number of furan rings is 2. The maximum atomic E-state index is 12.2. The quantitative estimate of drug-likeness (QED) is 0.0796. The van der Waals surface area contributed by atoms with Crippen LogP contribution in [0.3, 0.4) is 0 Å². The summed E-state index contributed by atoms with van der Waals surface area (Å²) in [4.78, 5) is 16.9. The van der Waals surface area contributed by atoms with Gasteiger partial charge in [-0.05, 0) is 79.8 Å². The van der Waals surface area contributed by atoms with Crippen LogP contribution in [-0.2, 0) is 36.7 Å². The molecule has 0 aliphatic rings. The van der Waals surface area contributed by atoms with E-state index in [0.717, 1.165) is 87.8 Å². The van der Waals surface area contributed by atoms with Crippen molar-refractivity contribution in [1.82, 2.24) is 4.98 Å². The number of aliphatic hydroxyl groups excluding tert-OH is 1. The zero-order valence-corrected chi connectivity index (χ0v) is 37.4. The van der Waals surface area contributed by atoms with Crippen LogP contribution in [0.15, 0.2) is 87.5 Å². The fourth-order valence-corrected chi connectivity index (χ4v) is 6.95. The van der Waals surface area contributed by atoms with E-state index in [9.17, 15) is 9.90 Å². The first-order valence-electron chi connectivity index (χ1n) is 19.8. The number of hydrogen-bond donors (Lipinski definition) is 1.